The van der Waals surface area contributed by atoms with Gasteiger partial charge >= 0.3 is 5.97 Å². The van der Waals surface area contributed by atoms with Crippen molar-refractivity contribution in [2.75, 3.05) is 5.32 Å². The summed E-state index contributed by atoms with van der Waals surface area (Å²) in [5, 5.41) is 12.0. The Morgan fingerprint density at radius 2 is 1.89 bits per heavy atom. The van der Waals surface area contributed by atoms with E-state index in [1.54, 1.807) is 0 Å². The second-order valence-corrected chi connectivity index (χ2v) is 5.87. The Bertz CT molecular complexity index is 596. The van der Waals surface area contributed by atoms with Crippen LogP contribution >= 0.6 is 22.7 Å². The highest BCUT2D eigenvalue weighted by molar-refractivity contribution is 7.17. The zero-order valence-corrected chi connectivity index (χ0v) is 11.3. The lowest BCUT2D eigenvalue weighted by Crippen LogP contribution is -2.09. The molecule has 0 aromatic carbocycles. The number of nitrogens with one attached hydrogen (secondary N) is 1. The fraction of sp³-hybridized carbons (Fsp3) is 0.182. The number of thiazole rings is 1. The number of aromatic carboxylic acids is 1. The molecule has 0 aliphatic rings. The molecule has 0 aliphatic heterocycles. The number of rotatable bonds is 3. The Balaban J connectivity index is 2.14. The fourth-order valence-corrected chi connectivity index (χ4v) is 2.81. The van der Waals surface area contributed by atoms with Gasteiger partial charge in [0, 0.05) is 4.88 Å². The lowest BCUT2D eigenvalue weighted by atomic mass is 10.4. The number of carboxylic acid groups (broad SMARTS) is 1. The summed E-state index contributed by atoms with van der Waals surface area (Å²) in [6.07, 6.45) is 0. The van der Waals surface area contributed by atoms with Crippen molar-refractivity contribution in [1.82, 2.24) is 4.98 Å². The molecule has 0 unspecified atom stereocenters. The van der Waals surface area contributed by atoms with Gasteiger partial charge in [-0.15, -0.1) is 22.7 Å². The van der Waals surface area contributed by atoms with Gasteiger partial charge in [0.05, 0.1) is 10.6 Å². The Morgan fingerprint density at radius 1 is 1.22 bits per heavy atom. The van der Waals surface area contributed by atoms with Crippen molar-refractivity contribution in [3.63, 3.8) is 0 Å². The molecule has 2 aromatic rings. The SMILES string of the molecule is Cc1nc(NC(=O)c2ccc(C(=O)O)s2)sc1C. The maximum Gasteiger partial charge on any atom is 0.345 e. The quantitative estimate of drug-likeness (QED) is 0.907. The van der Waals surface area contributed by atoms with Crippen molar-refractivity contribution in [2.24, 2.45) is 0 Å². The first-order valence-electron chi connectivity index (χ1n) is 5.06. The first-order chi connectivity index (χ1) is 8.47. The number of aryl methyl sites for hydroxylation is 2. The number of anilines is 1. The third-order valence-electron chi connectivity index (χ3n) is 2.29. The monoisotopic (exact) mass is 282 g/mol. The number of carbonyl (C=O) groups is 2. The number of amides is 1. The van der Waals surface area contributed by atoms with E-state index < -0.39 is 5.97 Å². The molecular formula is C11H10N2O3S2. The summed E-state index contributed by atoms with van der Waals surface area (Å²) < 4.78 is 0. The topological polar surface area (TPSA) is 79.3 Å². The van der Waals surface area contributed by atoms with Crippen molar-refractivity contribution >= 4 is 39.7 Å². The Labute approximate surface area is 111 Å². The molecule has 2 heterocycles. The molecule has 2 rings (SSSR count). The minimum atomic E-state index is -1.03. The zero-order chi connectivity index (χ0) is 13.3. The summed E-state index contributed by atoms with van der Waals surface area (Å²) in [7, 11) is 0. The molecule has 0 saturated carbocycles. The summed E-state index contributed by atoms with van der Waals surface area (Å²) in [5.74, 6) is -1.36. The van der Waals surface area contributed by atoms with E-state index >= 15 is 0 Å². The van der Waals surface area contributed by atoms with Gasteiger partial charge in [0.25, 0.3) is 5.91 Å². The van der Waals surface area contributed by atoms with Crippen LogP contribution in [0.25, 0.3) is 0 Å². The molecule has 18 heavy (non-hydrogen) atoms. The number of carbonyl (C=O) groups excluding carboxylic acids is 1. The van der Waals surface area contributed by atoms with E-state index in [4.69, 9.17) is 5.11 Å². The largest absolute Gasteiger partial charge is 0.477 e. The van der Waals surface area contributed by atoms with Crippen molar-refractivity contribution in [3.8, 4) is 0 Å². The molecule has 0 aliphatic carbocycles. The van der Waals surface area contributed by atoms with Crippen LogP contribution in [-0.4, -0.2) is 22.0 Å². The van der Waals surface area contributed by atoms with E-state index in [9.17, 15) is 9.59 Å². The fourth-order valence-electron chi connectivity index (χ4n) is 1.26. The first kappa shape index (κ1) is 12.7. The second kappa shape index (κ2) is 4.87. The second-order valence-electron chi connectivity index (χ2n) is 3.58. The standard InChI is InChI=1S/C11H10N2O3S2/c1-5-6(2)17-11(12-5)13-9(14)7-3-4-8(18-7)10(15)16/h3-4H,1-2H3,(H,15,16)(H,12,13,14). The lowest BCUT2D eigenvalue weighted by Gasteiger charge is -1.97. The molecule has 0 saturated heterocycles. The molecule has 2 N–H and O–H groups in total. The smallest absolute Gasteiger partial charge is 0.345 e. The number of aromatic nitrogens is 1. The number of thiophene rings is 1. The van der Waals surface area contributed by atoms with Gasteiger partial charge in [0.15, 0.2) is 5.13 Å². The average molecular weight is 282 g/mol. The molecule has 94 valence electrons. The van der Waals surface area contributed by atoms with Gasteiger partial charge in [0.1, 0.15) is 4.88 Å². The minimum absolute atomic E-state index is 0.145. The third kappa shape index (κ3) is 2.57. The lowest BCUT2D eigenvalue weighted by molar-refractivity contribution is 0.0702. The molecule has 1 amide bonds. The third-order valence-corrected chi connectivity index (χ3v) is 4.35. The number of carboxylic acids is 1. The van der Waals surface area contributed by atoms with Crippen LogP contribution in [0.5, 0.6) is 0 Å². The summed E-state index contributed by atoms with van der Waals surface area (Å²) in [5.41, 5.74) is 0.882. The Kier molecular flexibility index (Phi) is 3.44. The van der Waals surface area contributed by atoms with Crippen molar-refractivity contribution in [3.05, 3.63) is 32.5 Å². The van der Waals surface area contributed by atoms with E-state index in [-0.39, 0.29) is 10.8 Å². The van der Waals surface area contributed by atoms with Gasteiger partial charge < -0.3 is 5.11 Å². The van der Waals surface area contributed by atoms with Crippen molar-refractivity contribution in [2.45, 2.75) is 13.8 Å². The van der Waals surface area contributed by atoms with Crippen LogP contribution in [0, 0.1) is 13.8 Å². The average Bonchev–Trinajstić information content (AvgIpc) is 2.87. The highest BCUT2D eigenvalue weighted by Gasteiger charge is 2.14. The Hall–Kier alpha value is -1.73. The van der Waals surface area contributed by atoms with Crippen LogP contribution in [0.3, 0.4) is 0 Å². The van der Waals surface area contributed by atoms with E-state index in [0.717, 1.165) is 21.9 Å². The zero-order valence-electron chi connectivity index (χ0n) is 9.68. The van der Waals surface area contributed by atoms with Gasteiger partial charge in [-0.1, -0.05) is 0 Å². The van der Waals surface area contributed by atoms with Gasteiger partial charge in [-0.3, -0.25) is 10.1 Å². The van der Waals surface area contributed by atoms with Crippen molar-refractivity contribution < 1.29 is 14.7 Å². The molecule has 0 atom stereocenters. The highest BCUT2D eigenvalue weighted by atomic mass is 32.1. The number of nitrogens with zero attached hydrogens (tertiary/aromatic N) is 1. The minimum Gasteiger partial charge on any atom is -0.477 e. The maximum atomic E-state index is 11.8. The molecule has 0 bridgehead atoms. The summed E-state index contributed by atoms with van der Waals surface area (Å²) in [4.78, 5) is 28.3. The van der Waals surface area contributed by atoms with Crippen molar-refractivity contribution in [1.29, 1.82) is 0 Å². The van der Waals surface area contributed by atoms with Crippen LogP contribution in [0.15, 0.2) is 12.1 Å². The van der Waals surface area contributed by atoms with E-state index in [1.165, 1.54) is 23.5 Å². The van der Waals surface area contributed by atoms with Gasteiger partial charge in [-0.05, 0) is 26.0 Å². The van der Waals surface area contributed by atoms with Crippen LogP contribution in [0.1, 0.15) is 29.9 Å². The summed E-state index contributed by atoms with van der Waals surface area (Å²) >= 11 is 2.34. The maximum absolute atomic E-state index is 11.8. The van der Waals surface area contributed by atoms with E-state index in [0.29, 0.717) is 10.0 Å². The van der Waals surface area contributed by atoms with E-state index in [1.807, 2.05) is 13.8 Å². The molecular weight excluding hydrogens is 272 g/mol. The molecule has 2 aromatic heterocycles. The van der Waals surface area contributed by atoms with Gasteiger partial charge in [-0.25, -0.2) is 9.78 Å². The molecule has 5 nitrogen and oxygen atoms in total. The highest BCUT2D eigenvalue weighted by Crippen LogP contribution is 2.23. The van der Waals surface area contributed by atoms with Gasteiger partial charge in [-0.2, -0.15) is 0 Å². The predicted octanol–water partition coefficient (Wildman–Crippen LogP) is 2.77. The predicted molar refractivity (Wildman–Crippen MR) is 70.8 cm³/mol. The van der Waals surface area contributed by atoms with Crippen LogP contribution in [0.4, 0.5) is 5.13 Å². The molecule has 7 heteroatoms. The van der Waals surface area contributed by atoms with E-state index in [2.05, 4.69) is 10.3 Å². The first-order valence-corrected chi connectivity index (χ1v) is 6.69. The van der Waals surface area contributed by atoms with Gasteiger partial charge in [0.2, 0.25) is 0 Å². The van der Waals surface area contributed by atoms with Crippen LogP contribution in [-0.2, 0) is 0 Å². The molecule has 0 spiro atoms. The molecule has 0 fully saturated rings. The summed E-state index contributed by atoms with van der Waals surface area (Å²) in [6, 6.07) is 2.91. The summed E-state index contributed by atoms with van der Waals surface area (Å²) in [6.45, 7) is 3.80. The molecule has 0 radical (unpaired) electrons. The normalized spacial score (nSPS) is 10.3. The number of hydrogen-bond donors (Lipinski definition) is 2. The van der Waals surface area contributed by atoms with Crippen LogP contribution < -0.4 is 5.32 Å². The van der Waals surface area contributed by atoms with Crippen LogP contribution in [0.2, 0.25) is 0 Å². The number of hydrogen-bond acceptors (Lipinski definition) is 5. The Morgan fingerprint density at radius 3 is 2.39 bits per heavy atom.